The van der Waals surface area contributed by atoms with Gasteiger partial charge in [0.2, 0.25) is 0 Å². The van der Waals surface area contributed by atoms with Crippen LogP contribution < -0.4 is 5.32 Å². The Balaban J connectivity index is 1.79. The first-order valence-corrected chi connectivity index (χ1v) is 7.58. The second-order valence-corrected chi connectivity index (χ2v) is 5.81. The van der Waals surface area contributed by atoms with Crippen LogP contribution in [-0.4, -0.2) is 16.7 Å². The minimum atomic E-state index is -0.632. The van der Waals surface area contributed by atoms with Gasteiger partial charge in [-0.25, -0.2) is 0 Å². The Morgan fingerprint density at radius 1 is 1.00 bits per heavy atom. The third-order valence-corrected chi connectivity index (χ3v) is 3.88. The van der Waals surface area contributed by atoms with Crippen LogP contribution in [0.2, 0.25) is 0 Å². The van der Waals surface area contributed by atoms with E-state index in [-0.39, 0.29) is 0 Å². The number of aromatic amines is 1. The lowest BCUT2D eigenvalue weighted by Crippen LogP contribution is -2.22. The van der Waals surface area contributed by atoms with Gasteiger partial charge in [0.15, 0.2) is 0 Å². The van der Waals surface area contributed by atoms with Crippen LogP contribution in [0.15, 0.2) is 54.7 Å². The van der Waals surface area contributed by atoms with E-state index >= 15 is 0 Å². The normalized spacial score (nSPS) is 10.9. The van der Waals surface area contributed by atoms with E-state index in [1.54, 1.807) is 6.20 Å². The molecule has 0 bridgehead atoms. The highest BCUT2D eigenvalue weighted by Crippen LogP contribution is 2.20. The molecule has 0 unspecified atom stereocenters. The number of H-pyrrole nitrogens is 1. The van der Waals surface area contributed by atoms with Gasteiger partial charge in [0.05, 0.1) is 5.56 Å². The summed E-state index contributed by atoms with van der Waals surface area (Å²) in [7, 11) is 0. The highest BCUT2D eigenvalue weighted by molar-refractivity contribution is 6.48. The first-order chi connectivity index (χ1) is 11.1. The van der Waals surface area contributed by atoms with E-state index in [2.05, 4.69) is 24.1 Å². The quantitative estimate of drug-likeness (QED) is 0.563. The van der Waals surface area contributed by atoms with E-state index in [9.17, 15) is 9.59 Å². The number of amides is 1. The van der Waals surface area contributed by atoms with Gasteiger partial charge >= 0.3 is 0 Å². The van der Waals surface area contributed by atoms with Crippen molar-refractivity contribution in [3.05, 3.63) is 65.9 Å². The maximum atomic E-state index is 12.4. The molecule has 0 saturated heterocycles. The molecule has 4 nitrogen and oxygen atoms in total. The smallest absolute Gasteiger partial charge is 0.296 e. The minimum absolute atomic E-state index is 0.386. The molecule has 1 heterocycles. The first-order valence-electron chi connectivity index (χ1n) is 7.58. The fourth-order valence-corrected chi connectivity index (χ4v) is 2.52. The summed E-state index contributed by atoms with van der Waals surface area (Å²) in [6.07, 6.45) is 1.58. The molecule has 0 fully saturated rings. The summed E-state index contributed by atoms with van der Waals surface area (Å²) >= 11 is 0. The number of anilines is 1. The zero-order valence-corrected chi connectivity index (χ0v) is 13.1. The van der Waals surface area contributed by atoms with Gasteiger partial charge < -0.3 is 10.3 Å². The Kier molecular flexibility index (Phi) is 3.98. The molecule has 0 radical (unpaired) electrons. The molecule has 2 N–H and O–H groups in total. The lowest BCUT2D eigenvalue weighted by Gasteiger charge is -2.08. The highest BCUT2D eigenvalue weighted by atomic mass is 16.2. The van der Waals surface area contributed by atoms with Gasteiger partial charge in [-0.15, -0.1) is 0 Å². The van der Waals surface area contributed by atoms with Crippen LogP contribution in [0, 0.1) is 0 Å². The predicted molar refractivity (Wildman–Crippen MR) is 91.8 cm³/mol. The van der Waals surface area contributed by atoms with Gasteiger partial charge in [0, 0.05) is 22.8 Å². The molecule has 0 spiro atoms. The largest absolute Gasteiger partial charge is 0.360 e. The molecule has 2 aromatic carbocycles. The number of hydrogen-bond donors (Lipinski definition) is 2. The van der Waals surface area contributed by atoms with Crippen molar-refractivity contribution in [1.82, 2.24) is 4.98 Å². The number of ketones is 1. The number of aromatic nitrogens is 1. The van der Waals surface area contributed by atoms with Crippen LogP contribution in [0.25, 0.3) is 10.9 Å². The van der Waals surface area contributed by atoms with E-state index in [0.29, 0.717) is 17.2 Å². The van der Waals surface area contributed by atoms with Gasteiger partial charge in [-0.2, -0.15) is 0 Å². The lowest BCUT2D eigenvalue weighted by molar-refractivity contribution is -0.112. The van der Waals surface area contributed by atoms with Crippen LogP contribution in [0.3, 0.4) is 0 Å². The number of para-hydroxylation sites is 1. The molecule has 0 aliphatic rings. The van der Waals surface area contributed by atoms with E-state index < -0.39 is 11.7 Å². The number of Topliss-reactive ketones (excluding diaryl/α,β-unsaturated/α-hetero) is 1. The van der Waals surface area contributed by atoms with Crippen molar-refractivity contribution < 1.29 is 9.59 Å². The van der Waals surface area contributed by atoms with Gasteiger partial charge in [-0.3, -0.25) is 9.59 Å². The predicted octanol–water partition coefficient (Wildman–Crippen LogP) is 4.11. The molecule has 3 rings (SSSR count). The molecule has 1 aromatic heterocycles. The summed E-state index contributed by atoms with van der Waals surface area (Å²) < 4.78 is 0. The van der Waals surface area contributed by atoms with Crippen LogP contribution in [0.5, 0.6) is 0 Å². The fourth-order valence-electron chi connectivity index (χ4n) is 2.52. The number of nitrogens with one attached hydrogen (secondary N) is 2. The molecule has 23 heavy (non-hydrogen) atoms. The zero-order chi connectivity index (χ0) is 16.4. The van der Waals surface area contributed by atoms with Crippen molar-refractivity contribution in [3.63, 3.8) is 0 Å². The molecular formula is C19H18N2O2. The molecular weight excluding hydrogens is 288 g/mol. The molecule has 3 aromatic rings. The average Bonchev–Trinajstić information content (AvgIpc) is 2.98. The van der Waals surface area contributed by atoms with E-state index in [4.69, 9.17) is 0 Å². The molecule has 116 valence electrons. The Morgan fingerprint density at radius 3 is 2.39 bits per heavy atom. The van der Waals surface area contributed by atoms with Crippen molar-refractivity contribution in [1.29, 1.82) is 0 Å². The van der Waals surface area contributed by atoms with Crippen molar-refractivity contribution in [2.75, 3.05) is 5.32 Å². The van der Waals surface area contributed by atoms with Crippen molar-refractivity contribution >= 4 is 28.3 Å². The third kappa shape index (κ3) is 3.01. The summed E-state index contributed by atoms with van der Waals surface area (Å²) in [6.45, 7) is 4.21. The standard InChI is InChI=1S/C19H18N2O2/c1-12(2)13-7-9-14(10-8-13)21-19(23)18(22)16-11-20-17-6-4-3-5-15(16)17/h3-12,20H,1-2H3,(H,21,23). The molecule has 4 heteroatoms. The summed E-state index contributed by atoms with van der Waals surface area (Å²) in [5.41, 5.74) is 3.03. The minimum Gasteiger partial charge on any atom is -0.360 e. The van der Waals surface area contributed by atoms with Crippen molar-refractivity contribution in [3.8, 4) is 0 Å². The van der Waals surface area contributed by atoms with E-state index in [0.717, 1.165) is 10.9 Å². The molecule has 1 amide bonds. The second-order valence-electron chi connectivity index (χ2n) is 5.81. The zero-order valence-electron chi connectivity index (χ0n) is 13.1. The van der Waals surface area contributed by atoms with Crippen LogP contribution in [0.1, 0.15) is 35.7 Å². The van der Waals surface area contributed by atoms with Crippen LogP contribution >= 0.6 is 0 Å². The third-order valence-electron chi connectivity index (χ3n) is 3.88. The average molecular weight is 306 g/mol. The summed E-state index contributed by atoms with van der Waals surface area (Å²) in [5, 5.41) is 3.41. The van der Waals surface area contributed by atoms with Crippen molar-refractivity contribution in [2.24, 2.45) is 0 Å². The number of benzene rings is 2. The van der Waals surface area contributed by atoms with E-state index in [1.807, 2.05) is 48.5 Å². The highest BCUT2D eigenvalue weighted by Gasteiger charge is 2.19. The second kappa shape index (κ2) is 6.08. The number of rotatable bonds is 4. The number of fused-ring (bicyclic) bond motifs is 1. The van der Waals surface area contributed by atoms with Crippen LogP contribution in [0.4, 0.5) is 5.69 Å². The van der Waals surface area contributed by atoms with Gasteiger partial charge in [-0.05, 0) is 29.7 Å². The van der Waals surface area contributed by atoms with E-state index in [1.165, 1.54) is 5.56 Å². The Bertz CT molecular complexity index is 860. The first kappa shape index (κ1) is 15.0. The lowest BCUT2D eigenvalue weighted by atomic mass is 10.0. The number of carbonyl (C=O) groups is 2. The summed E-state index contributed by atoms with van der Waals surface area (Å²) in [6, 6.07) is 15.0. The fraction of sp³-hybridized carbons (Fsp3) is 0.158. The maximum Gasteiger partial charge on any atom is 0.296 e. The number of carbonyl (C=O) groups excluding carboxylic acids is 2. The molecule has 0 aliphatic heterocycles. The number of hydrogen-bond acceptors (Lipinski definition) is 2. The molecule has 0 atom stereocenters. The van der Waals surface area contributed by atoms with Gasteiger partial charge in [-0.1, -0.05) is 44.2 Å². The topological polar surface area (TPSA) is 62.0 Å². The Hall–Kier alpha value is -2.88. The SMILES string of the molecule is CC(C)c1ccc(NC(=O)C(=O)c2c[nH]c3ccccc23)cc1. The van der Waals surface area contributed by atoms with Gasteiger partial charge in [0.1, 0.15) is 0 Å². The van der Waals surface area contributed by atoms with Gasteiger partial charge in [0.25, 0.3) is 11.7 Å². The molecule has 0 saturated carbocycles. The molecule has 0 aliphatic carbocycles. The Labute approximate surface area is 134 Å². The van der Waals surface area contributed by atoms with Crippen molar-refractivity contribution in [2.45, 2.75) is 19.8 Å². The maximum absolute atomic E-state index is 12.4. The van der Waals surface area contributed by atoms with Crippen LogP contribution in [-0.2, 0) is 4.79 Å². The summed E-state index contributed by atoms with van der Waals surface area (Å²) in [4.78, 5) is 27.6. The monoisotopic (exact) mass is 306 g/mol. The Morgan fingerprint density at radius 2 is 1.70 bits per heavy atom. The summed E-state index contributed by atoms with van der Waals surface area (Å²) in [5.74, 6) is -0.755.